The molecule has 1 aromatic heterocycles. The number of nitrogens with one attached hydrogen (secondary N) is 1. The molecule has 1 amide bonds. The maximum Gasteiger partial charge on any atom is 0.434 e. The van der Waals surface area contributed by atoms with Crippen molar-refractivity contribution in [1.29, 1.82) is 0 Å². The number of rotatable bonds is 5. The third-order valence-electron chi connectivity index (χ3n) is 4.03. The normalized spacial score (nSPS) is 11.4. The van der Waals surface area contributed by atoms with E-state index in [-0.39, 0.29) is 16.6 Å². The molecule has 30 heavy (non-hydrogen) atoms. The number of nitrogens with zero attached hydrogens (tertiary/aromatic N) is 3. The van der Waals surface area contributed by atoms with Crippen LogP contribution in [0.5, 0.6) is 0 Å². The molecule has 0 bridgehead atoms. The SMILES string of the molecule is O=C(NCc1ccc(Cl)c(Cl)c1)c1cnn(-c2ccccc2[N+](=O)[O-])c1C(F)(F)F. The second kappa shape index (κ2) is 8.33. The largest absolute Gasteiger partial charge is 0.434 e. The molecule has 7 nitrogen and oxygen atoms in total. The lowest BCUT2D eigenvalue weighted by molar-refractivity contribution is -0.384. The first-order valence-electron chi connectivity index (χ1n) is 8.20. The molecular formula is C18H11Cl2F3N4O3. The first kappa shape index (κ1) is 21.6. The second-order valence-corrected chi connectivity index (χ2v) is 6.81. The van der Waals surface area contributed by atoms with Crippen LogP contribution in [-0.4, -0.2) is 20.6 Å². The number of aromatic nitrogens is 2. The molecule has 0 saturated heterocycles. The monoisotopic (exact) mass is 458 g/mol. The molecule has 12 heteroatoms. The Hall–Kier alpha value is -3.11. The molecule has 1 N–H and O–H groups in total. The zero-order valence-corrected chi connectivity index (χ0v) is 16.3. The topological polar surface area (TPSA) is 90.1 Å². The van der Waals surface area contributed by atoms with Gasteiger partial charge < -0.3 is 5.32 Å². The molecule has 0 saturated carbocycles. The fourth-order valence-electron chi connectivity index (χ4n) is 2.69. The molecule has 0 unspecified atom stereocenters. The van der Waals surface area contributed by atoms with Crippen molar-refractivity contribution in [3.63, 3.8) is 0 Å². The summed E-state index contributed by atoms with van der Waals surface area (Å²) < 4.78 is 41.6. The standard InChI is InChI=1S/C18H11Cl2F3N4O3/c19-12-6-5-10(7-13(12)20)8-24-17(28)11-9-25-26(16(11)18(21,22)23)14-3-1-2-4-15(14)27(29)30/h1-7,9H,8H2,(H,24,28). The zero-order chi connectivity index (χ0) is 22.1. The van der Waals surface area contributed by atoms with Crippen molar-refractivity contribution in [2.45, 2.75) is 12.7 Å². The summed E-state index contributed by atoms with van der Waals surface area (Å²) in [7, 11) is 0. The van der Waals surface area contributed by atoms with Gasteiger partial charge in [-0.2, -0.15) is 18.3 Å². The van der Waals surface area contributed by atoms with E-state index >= 15 is 0 Å². The highest BCUT2D eigenvalue weighted by Crippen LogP contribution is 2.35. The number of carbonyl (C=O) groups is 1. The molecule has 3 rings (SSSR count). The predicted molar refractivity (Wildman–Crippen MR) is 103 cm³/mol. The lowest BCUT2D eigenvalue weighted by Gasteiger charge is -2.13. The highest BCUT2D eigenvalue weighted by Gasteiger charge is 2.41. The summed E-state index contributed by atoms with van der Waals surface area (Å²) in [5, 5.41) is 17.6. The van der Waals surface area contributed by atoms with E-state index < -0.39 is 39.6 Å². The summed E-state index contributed by atoms with van der Waals surface area (Å²) in [6, 6.07) is 9.29. The Labute approximate surface area is 177 Å². The lowest BCUT2D eigenvalue weighted by atomic mass is 10.2. The highest BCUT2D eigenvalue weighted by molar-refractivity contribution is 6.42. The zero-order valence-electron chi connectivity index (χ0n) is 14.8. The van der Waals surface area contributed by atoms with Crippen molar-refractivity contribution >= 4 is 34.8 Å². The van der Waals surface area contributed by atoms with Gasteiger partial charge in [0.2, 0.25) is 0 Å². The third kappa shape index (κ3) is 4.39. The van der Waals surface area contributed by atoms with Crippen LogP contribution < -0.4 is 5.32 Å². The van der Waals surface area contributed by atoms with Gasteiger partial charge in [0, 0.05) is 12.6 Å². The Kier molecular flexibility index (Phi) is 5.99. The van der Waals surface area contributed by atoms with E-state index in [1.54, 1.807) is 6.07 Å². The Morgan fingerprint density at radius 2 is 1.87 bits per heavy atom. The molecule has 0 aliphatic heterocycles. The van der Waals surface area contributed by atoms with Crippen LogP contribution in [0.2, 0.25) is 10.0 Å². The first-order chi connectivity index (χ1) is 14.1. The fourth-order valence-corrected chi connectivity index (χ4v) is 3.02. The second-order valence-electron chi connectivity index (χ2n) is 5.99. The maximum atomic E-state index is 13.7. The van der Waals surface area contributed by atoms with Gasteiger partial charge in [-0.1, -0.05) is 41.4 Å². The number of benzene rings is 2. The molecule has 3 aromatic rings. The van der Waals surface area contributed by atoms with Gasteiger partial charge in [-0.05, 0) is 23.8 Å². The van der Waals surface area contributed by atoms with Crippen molar-refractivity contribution in [3.8, 4) is 5.69 Å². The summed E-state index contributed by atoms with van der Waals surface area (Å²) in [5.41, 5.74) is -2.70. The minimum Gasteiger partial charge on any atom is -0.348 e. The van der Waals surface area contributed by atoms with E-state index in [0.29, 0.717) is 16.4 Å². The number of amides is 1. The van der Waals surface area contributed by atoms with Gasteiger partial charge in [-0.3, -0.25) is 14.9 Å². The Morgan fingerprint density at radius 1 is 1.17 bits per heavy atom. The Bertz CT molecular complexity index is 1130. The molecule has 0 aliphatic carbocycles. The quantitative estimate of drug-likeness (QED) is 0.428. The molecular weight excluding hydrogens is 448 g/mol. The minimum atomic E-state index is -5.00. The van der Waals surface area contributed by atoms with Crippen LogP contribution in [0.1, 0.15) is 21.6 Å². The third-order valence-corrected chi connectivity index (χ3v) is 4.77. The molecule has 0 aliphatic rings. The molecule has 0 spiro atoms. The number of hydrogen-bond donors (Lipinski definition) is 1. The van der Waals surface area contributed by atoms with E-state index in [2.05, 4.69) is 10.4 Å². The summed E-state index contributed by atoms with van der Waals surface area (Å²) in [5.74, 6) is -1.06. The van der Waals surface area contributed by atoms with E-state index in [4.69, 9.17) is 23.2 Å². The summed E-state index contributed by atoms with van der Waals surface area (Å²) in [4.78, 5) is 22.8. The van der Waals surface area contributed by atoms with E-state index in [1.807, 2.05) is 0 Å². The van der Waals surface area contributed by atoms with Gasteiger partial charge >= 0.3 is 6.18 Å². The average Bonchev–Trinajstić information content (AvgIpc) is 3.14. The van der Waals surface area contributed by atoms with Crippen molar-refractivity contribution in [3.05, 3.63) is 85.6 Å². The lowest BCUT2D eigenvalue weighted by Crippen LogP contribution is -2.26. The molecule has 2 aromatic carbocycles. The van der Waals surface area contributed by atoms with Crippen LogP contribution in [0.4, 0.5) is 18.9 Å². The van der Waals surface area contributed by atoms with Crippen molar-refractivity contribution in [1.82, 2.24) is 15.1 Å². The summed E-state index contributed by atoms with van der Waals surface area (Å²) >= 11 is 11.7. The Balaban J connectivity index is 1.97. The number of halogens is 5. The van der Waals surface area contributed by atoms with Gasteiger partial charge in [0.1, 0.15) is 5.69 Å². The first-order valence-corrected chi connectivity index (χ1v) is 8.96. The number of para-hydroxylation sites is 2. The number of alkyl halides is 3. The summed E-state index contributed by atoms with van der Waals surface area (Å²) in [6.07, 6.45) is -4.29. The van der Waals surface area contributed by atoms with Gasteiger partial charge in [0.15, 0.2) is 5.69 Å². The van der Waals surface area contributed by atoms with Gasteiger partial charge in [0.05, 0.1) is 26.7 Å². The minimum absolute atomic E-state index is 0.121. The summed E-state index contributed by atoms with van der Waals surface area (Å²) in [6.45, 7) is -0.121. The fraction of sp³-hybridized carbons (Fsp3) is 0.111. The molecule has 0 atom stereocenters. The number of carbonyl (C=O) groups excluding carboxylic acids is 1. The average molecular weight is 459 g/mol. The van der Waals surface area contributed by atoms with E-state index in [9.17, 15) is 28.1 Å². The van der Waals surface area contributed by atoms with E-state index in [1.165, 1.54) is 24.3 Å². The number of nitro benzene ring substituents is 1. The Morgan fingerprint density at radius 3 is 2.50 bits per heavy atom. The molecule has 1 heterocycles. The van der Waals surface area contributed by atoms with Crippen LogP contribution in [0.3, 0.4) is 0 Å². The van der Waals surface area contributed by atoms with Crippen molar-refractivity contribution < 1.29 is 22.9 Å². The smallest absolute Gasteiger partial charge is 0.348 e. The van der Waals surface area contributed by atoms with Crippen LogP contribution in [0, 0.1) is 10.1 Å². The van der Waals surface area contributed by atoms with Crippen LogP contribution >= 0.6 is 23.2 Å². The molecule has 0 radical (unpaired) electrons. The predicted octanol–water partition coefficient (Wildman–Crippen LogP) is 5.04. The number of nitro groups is 1. The van der Waals surface area contributed by atoms with Crippen molar-refractivity contribution in [2.75, 3.05) is 0 Å². The highest BCUT2D eigenvalue weighted by atomic mass is 35.5. The molecule has 156 valence electrons. The van der Waals surface area contributed by atoms with Gasteiger partial charge in [-0.15, -0.1) is 0 Å². The van der Waals surface area contributed by atoms with Crippen LogP contribution in [0.15, 0.2) is 48.7 Å². The van der Waals surface area contributed by atoms with E-state index in [0.717, 1.165) is 12.1 Å². The van der Waals surface area contributed by atoms with Gasteiger partial charge in [0.25, 0.3) is 11.6 Å². The number of hydrogen-bond acceptors (Lipinski definition) is 4. The van der Waals surface area contributed by atoms with Crippen LogP contribution in [-0.2, 0) is 12.7 Å². The van der Waals surface area contributed by atoms with Crippen molar-refractivity contribution in [2.24, 2.45) is 0 Å². The molecule has 0 fully saturated rings. The van der Waals surface area contributed by atoms with Gasteiger partial charge in [-0.25, -0.2) is 4.68 Å². The maximum absolute atomic E-state index is 13.7. The van der Waals surface area contributed by atoms with Crippen LogP contribution in [0.25, 0.3) is 5.69 Å².